The van der Waals surface area contributed by atoms with Crippen molar-refractivity contribution in [2.75, 3.05) is 6.61 Å². The highest BCUT2D eigenvalue weighted by atomic mass is 16.6. The summed E-state index contributed by atoms with van der Waals surface area (Å²) in [7, 11) is 0. The van der Waals surface area contributed by atoms with Crippen LogP contribution in [0.1, 0.15) is 34.1 Å². The van der Waals surface area contributed by atoms with Gasteiger partial charge >= 0.3 is 11.9 Å². The molecule has 0 aromatic rings. The van der Waals surface area contributed by atoms with E-state index in [-0.39, 0.29) is 18.3 Å². The van der Waals surface area contributed by atoms with Crippen molar-refractivity contribution in [3.8, 4) is 0 Å². The number of rotatable bonds is 5. The molecule has 0 aromatic carbocycles. The van der Waals surface area contributed by atoms with E-state index in [2.05, 4.69) is 0 Å². The summed E-state index contributed by atoms with van der Waals surface area (Å²) in [6, 6.07) is 0. The molecule has 4 nitrogen and oxygen atoms in total. The second kappa shape index (κ2) is 6.40. The van der Waals surface area contributed by atoms with Gasteiger partial charge in [0.2, 0.25) is 0 Å². The maximum Gasteiger partial charge on any atom is 0.347 e. The average molecular weight is 202 g/mol. The molecule has 0 saturated heterocycles. The highest BCUT2D eigenvalue weighted by molar-refractivity contribution is 5.78. The summed E-state index contributed by atoms with van der Waals surface area (Å²) >= 11 is 0. The fraction of sp³-hybridized carbons (Fsp3) is 0.800. The van der Waals surface area contributed by atoms with Gasteiger partial charge in [-0.1, -0.05) is 20.8 Å². The molecule has 0 amide bonds. The van der Waals surface area contributed by atoms with Crippen LogP contribution in [0.15, 0.2) is 0 Å². The predicted molar refractivity (Wildman–Crippen MR) is 51.6 cm³/mol. The van der Waals surface area contributed by atoms with Gasteiger partial charge in [0.25, 0.3) is 0 Å². The molecule has 1 atom stereocenters. The normalized spacial score (nSPS) is 12.4. The van der Waals surface area contributed by atoms with Gasteiger partial charge in [-0.15, -0.1) is 0 Å². The number of carbonyl (C=O) groups is 2. The molecule has 0 spiro atoms. The van der Waals surface area contributed by atoms with Crippen LogP contribution in [0.2, 0.25) is 0 Å². The first-order valence-electron chi connectivity index (χ1n) is 4.83. The van der Waals surface area contributed by atoms with Gasteiger partial charge in [0, 0.05) is 6.42 Å². The Morgan fingerprint density at radius 3 is 2.21 bits per heavy atom. The topological polar surface area (TPSA) is 52.6 Å². The lowest BCUT2D eigenvalue weighted by Crippen LogP contribution is -2.27. The Balaban J connectivity index is 3.82. The summed E-state index contributed by atoms with van der Waals surface area (Å²) in [4.78, 5) is 22.0. The lowest BCUT2D eigenvalue weighted by Gasteiger charge is -2.13. The summed E-state index contributed by atoms with van der Waals surface area (Å²) in [5, 5.41) is 0. The van der Waals surface area contributed by atoms with Crippen LogP contribution in [0.25, 0.3) is 0 Å². The van der Waals surface area contributed by atoms with Crippen molar-refractivity contribution in [3.05, 3.63) is 0 Å². The molecule has 0 aromatic heterocycles. The fourth-order valence-corrected chi connectivity index (χ4v) is 0.695. The highest BCUT2D eigenvalue weighted by Gasteiger charge is 2.18. The SMILES string of the molecule is CCC(=O)OC(C)C(=O)OCC(C)C. The van der Waals surface area contributed by atoms with Crippen LogP contribution >= 0.6 is 0 Å². The Bertz CT molecular complexity index is 198. The van der Waals surface area contributed by atoms with Crippen molar-refractivity contribution in [3.63, 3.8) is 0 Å². The van der Waals surface area contributed by atoms with Gasteiger partial charge in [-0.05, 0) is 12.8 Å². The molecule has 0 aliphatic rings. The van der Waals surface area contributed by atoms with Crippen molar-refractivity contribution in [2.24, 2.45) is 5.92 Å². The Hall–Kier alpha value is -1.06. The van der Waals surface area contributed by atoms with Crippen LogP contribution in [-0.2, 0) is 19.1 Å². The van der Waals surface area contributed by atoms with E-state index < -0.39 is 12.1 Å². The third kappa shape index (κ3) is 5.56. The fourth-order valence-electron chi connectivity index (χ4n) is 0.695. The number of ether oxygens (including phenoxy) is 2. The average Bonchev–Trinajstić information content (AvgIpc) is 2.13. The van der Waals surface area contributed by atoms with E-state index in [4.69, 9.17) is 9.47 Å². The Labute approximate surface area is 84.6 Å². The zero-order valence-corrected chi connectivity index (χ0v) is 9.20. The lowest BCUT2D eigenvalue weighted by atomic mass is 10.2. The van der Waals surface area contributed by atoms with E-state index >= 15 is 0 Å². The third-order valence-corrected chi connectivity index (χ3v) is 1.49. The van der Waals surface area contributed by atoms with E-state index in [1.807, 2.05) is 13.8 Å². The smallest absolute Gasteiger partial charge is 0.347 e. The maximum absolute atomic E-state index is 11.2. The molecule has 0 heterocycles. The molecule has 14 heavy (non-hydrogen) atoms. The standard InChI is InChI=1S/C10H18O4/c1-5-9(11)14-8(4)10(12)13-6-7(2)3/h7-8H,5-6H2,1-4H3. The molecule has 0 N–H and O–H groups in total. The van der Waals surface area contributed by atoms with Crippen molar-refractivity contribution < 1.29 is 19.1 Å². The van der Waals surface area contributed by atoms with Crippen molar-refractivity contribution in [2.45, 2.75) is 40.2 Å². The minimum atomic E-state index is -0.804. The number of esters is 2. The van der Waals surface area contributed by atoms with E-state index in [1.54, 1.807) is 6.92 Å². The number of hydrogen-bond donors (Lipinski definition) is 0. The van der Waals surface area contributed by atoms with Crippen molar-refractivity contribution in [1.29, 1.82) is 0 Å². The highest BCUT2D eigenvalue weighted by Crippen LogP contribution is 2.00. The second-order valence-electron chi connectivity index (χ2n) is 3.51. The maximum atomic E-state index is 11.2. The molecule has 0 aliphatic carbocycles. The zero-order chi connectivity index (χ0) is 11.1. The number of hydrogen-bond acceptors (Lipinski definition) is 4. The van der Waals surface area contributed by atoms with Gasteiger partial charge in [0.15, 0.2) is 6.10 Å². The monoisotopic (exact) mass is 202 g/mol. The predicted octanol–water partition coefficient (Wildman–Crippen LogP) is 1.53. The van der Waals surface area contributed by atoms with Crippen LogP contribution in [0, 0.1) is 5.92 Å². The van der Waals surface area contributed by atoms with Crippen molar-refractivity contribution in [1.82, 2.24) is 0 Å². The summed E-state index contributed by atoms with van der Waals surface area (Å²) < 4.78 is 9.67. The molecule has 82 valence electrons. The first-order chi connectivity index (χ1) is 6.47. The van der Waals surface area contributed by atoms with E-state index in [9.17, 15) is 9.59 Å². The quantitative estimate of drug-likeness (QED) is 0.634. The Kier molecular flexibility index (Phi) is 5.92. The van der Waals surface area contributed by atoms with E-state index in [0.717, 1.165) is 0 Å². The molecule has 0 rings (SSSR count). The van der Waals surface area contributed by atoms with Crippen LogP contribution in [-0.4, -0.2) is 24.6 Å². The molecule has 1 unspecified atom stereocenters. The van der Waals surface area contributed by atoms with E-state index in [0.29, 0.717) is 6.61 Å². The number of carbonyl (C=O) groups excluding carboxylic acids is 2. The summed E-state index contributed by atoms with van der Waals surface area (Å²) in [5.74, 6) is -0.590. The van der Waals surface area contributed by atoms with Crippen LogP contribution in [0.3, 0.4) is 0 Å². The van der Waals surface area contributed by atoms with Gasteiger partial charge in [0.05, 0.1) is 6.61 Å². The van der Waals surface area contributed by atoms with Crippen LogP contribution in [0.5, 0.6) is 0 Å². The molecule has 0 saturated carbocycles. The minimum Gasteiger partial charge on any atom is -0.463 e. The lowest BCUT2D eigenvalue weighted by molar-refractivity contribution is -0.167. The summed E-state index contributed by atoms with van der Waals surface area (Å²) in [6.07, 6.45) is -0.539. The zero-order valence-electron chi connectivity index (χ0n) is 9.20. The van der Waals surface area contributed by atoms with Gasteiger partial charge in [-0.25, -0.2) is 4.79 Å². The largest absolute Gasteiger partial charge is 0.463 e. The van der Waals surface area contributed by atoms with Gasteiger partial charge < -0.3 is 9.47 Å². The van der Waals surface area contributed by atoms with Gasteiger partial charge in [-0.2, -0.15) is 0 Å². The minimum absolute atomic E-state index is 0.266. The summed E-state index contributed by atoms with van der Waals surface area (Å²) in [6.45, 7) is 7.42. The first kappa shape index (κ1) is 12.9. The Morgan fingerprint density at radius 2 is 1.79 bits per heavy atom. The molecule has 4 heteroatoms. The summed E-state index contributed by atoms with van der Waals surface area (Å²) in [5.41, 5.74) is 0. The van der Waals surface area contributed by atoms with Crippen LogP contribution in [0.4, 0.5) is 0 Å². The van der Waals surface area contributed by atoms with E-state index in [1.165, 1.54) is 6.92 Å². The molecule has 0 fully saturated rings. The Morgan fingerprint density at radius 1 is 1.21 bits per heavy atom. The molecule has 0 bridgehead atoms. The van der Waals surface area contributed by atoms with Crippen molar-refractivity contribution >= 4 is 11.9 Å². The molecular formula is C10H18O4. The molecule has 0 radical (unpaired) electrons. The third-order valence-electron chi connectivity index (χ3n) is 1.49. The molecule has 0 aliphatic heterocycles. The van der Waals surface area contributed by atoms with Gasteiger partial charge in [0.1, 0.15) is 0 Å². The second-order valence-corrected chi connectivity index (χ2v) is 3.51. The van der Waals surface area contributed by atoms with Crippen LogP contribution < -0.4 is 0 Å². The first-order valence-corrected chi connectivity index (χ1v) is 4.83. The molecular weight excluding hydrogens is 184 g/mol. The van der Waals surface area contributed by atoms with Gasteiger partial charge in [-0.3, -0.25) is 4.79 Å².